The van der Waals surface area contributed by atoms with Gasteiger partial charge in [0.05, 0.1) is 0 Å². The van der Waals surface area contributed by atoms with Crippen LogP contribution in [-0.4, -0.2) is 58.6 Å². The zero-order chi connectivity index (χ0) is 18.4. The zero-order valence-electron chi connectivity index (χ0n) is 15.7. The number of aryl methyl sites for hydroxylation is 2. The maximum atomic E-state index is 12.4. The first-order valence-electron chi connectivity index (χ1n) is 9.87. The summed E-state index contributed by atoms with van der Waals surface area (Å²) in [7, 11) is 0. The number of piperidine rings is 1. The van der Waals surface area contributed by atoms with Crippen LogP contribution in [-0.2, 0) is 27.3 Å². The van der Waals surface area contributed by atoms with Crippen LogP contribution >= 0.6 is 0 Å². The van der Waals surface area contributed by atoms with Crippen molar-refractivity contribution in [3.63, 3.8) is 0 Å². The van der Waals surface area contributed by atoms with Crippen molar-refractivity contribution in [2.75, 3.05) is 26.2 Å². The Morgan fingerprint density at radius 2 is 2.12 bits per heavy atom. The maximum absolute atomic E-state index is 12.4. The van der Waals surface area contributed by atoms with Gasteiger partial charge in [-0.2, -0.15) is 0 Å². The molecule has 0 bridgehead atoms. The van der Waals surface area contributed by atoms with E-state index in [1.165, 1.54) is 0 Å². The van der Waals surface area contributed by atoms with Crippen molar-refractivity contribution in [2.24, 2.45) is 5.92 Å². The third kappa shape index (κ3) is 4.63. The standard InChI is InChI=1S/C19H30N4O3/c1-2-17-20-9-13-22(17)10-4-8-21-18(24)15-6-11-23(12-7-15)19(25)16-5-3-14-26-16/h9,13,15-16H,2-8,10-12,14H2,1H3,(H,21,24). The Labute approximate surface area is 155 Å². The highest BCUT2D eigenvalue weighted by Gasteiger charge is 2.32. The molecule has 1 N–H and O–H groups in total. The van der Waals surface area contributed by atoms with E-state index in [4.69, 9.17) is 4.74 Å². The van der Waals surface area contributed by atoms with Crippen LogP contribution in [0.5, 0.6) is 0 Å². The van der Waals surface area contributed by atoms with Crippen molar-refractivity contribution in [3.05, 3.63) is 18.2 Å². The summed E-state index contributed by atoms with van der Waals surface area (Å²) < 4.78 is 7.62. The molecule has 2 saturated heterocycles. The number of aromatic nitrogens is 2. The molecule has 2 amide bonds. The summed E-state index contributed by atoms with van der Waals surface area (Å²) in [5.41, 5.74) is 0. The summed E-state index contributed by atoms with van der Waals surface area (Å²) in [6.07, 6.45) is 8.65. The van der Waals surface area contributed by atoms with E-state index in [2.05, 4.69) is 21.8 Å². The second-order valence-electron chi connectivity index (χ2n) is 7.14. The smallest absolute Gasteiger partial charge is 0.251 e. The minimum absolute atomic E-state index is 0.0167. The summed E-state index contributed by atoms with van der Waals surface area (Å²) in [5.74, 6) is 1.33. The van der Waals surface area contributed by atoms with E-state index >= 15 is 0 Å². The number of hydrogen-bond acceptors (Lipinski definition) is 4. The number of nitrogens with zero attached hydrogens (tertiary/aromatic N) is 3. The van der Waals surface area contributed by atoms with Crippen LogP contribution in [0.1, 0.15) is 44.9 Å². The Kier molecular flexibility index (Phi) is 6.66. The minimum Gasteiger partial charge on any atom is -0.368 e. The largest absolute Gasteiger partial charge is 0.368 e. The monoisotopic (exact) mass is 362 g/mol. The van der Waals surface area contributed by atoms with Gasteiger partial charge in [0.25, 0.3) is 5.91 Å². The molecule has 26 heavy (non-hydrogen) atoms. The molecular formula is C19H30N4O3. The van der Waals surface area contributed by atoms with E-state index in [-0.39, 0.29) is 23.8 Å². The first-order chi connectivity index (χ1) is 12.7. The highest BCUT2D eigenvalue weighted by Crippen LogP contribution is 2.21. The molecule has 2 aliphatic rings. The quantitative estimate of drug-likeness (QED) is 0.743. The molecule has 7 nitrogen and oxygen atoms in total. The molecule has 3 rings (SSSR count). The van der Waals surface area contributed by atoms with Crippen LogP contribution in [0.2, 0.25) is 0 Å². The molecule has 0 spiro atoms. The van der Waals surface area contributed by atoms with Crippen LogP contribution in [0.25, 0.3) is 0 Å². The van der Waals surface area contributed by atoms with Gasteiger partial charge in [0.15, 0.2) is 0 Å². The molecule has 1 aromatic heterocycles. The third-order valence-electron chi connectivity index (χ3n) is 5.38. The van der Waals surface area contributed by atoms with Gasteiger partial charge < -0.3 is 19.5 Å². The van der Waals surface area contributed by atoms with Gasteiger partial charge in [-0.15, -0.1) is 0 Å². The summed E-state index contributed by atoms with van der Waals surface area (Å²) in [4.78, 5) is 30.9. The van der Waals surface area contributed by atoms with E-state index in [9.17, 15) is 9.59 Å². The predicted molar refractivity (Wildman–Crippen MR) is 97.5 cm³/mol. The van der Waals surface area contributed by atoms with Gasteiger partial charge in [-0.05, 0) is 32.1 Å². The number of nitrogens with one attached hydrogen (secondary N) is 1. The summed E-state index contributed by atoms with van der Waals surface area (Å²) in [6.45, 7) is 5.65. The number of likely N-dealkylation sites (tertiary alicyclic amines) is 1. The molecule has 144 valence electrons. The Morgan fingerprint density at radius 1 is 1.31 bits per heavy atom. The van der Waals surface area contributed by atoms with Crippen LogP contribution in [0.15, 0.2) is 12.4 Å². The molecular weight excluding hydrogens is 332 g/mol. The van der Waals surface area contributed by atoms with Gasteiger partial charge in [-0.1, -0.05) is 6.92 Å². The topological polar surface area (TPSA) is 76.5 Å². The normalized spacial score (nSPS) is 21.1. The van der Waals surface area contributed by atoms with Crippen molar-refractivity contribution >= 4 is 11.8 Å². The lowest BCUT2D eigenvalue weighted by Gasteiger charge is -2.32. The van der Waals surface area contributed by atoms with Crippen LogP contribution in [0.4, 0.5) is 0 Å². The molecule has 0 aliphatic carbocycles. The molecule has 0 radical (unpaired) electrons. The molecule has 0 saturated carbocycles. The van der Waals surface area contributed by atoms with Crippen molar-refractivity contribution in [1.29, 1.82) is 0 Å². The number of rotatable bonds is 7. The predicted octanol–water partition coefficient (Wildman–Crippen LogP) is 1.37. The van der Waals surface area contributed by atoms with E-state index in [1.807, 2.05) is 17.3 Å². The number of hydrogen-bond donors (Lipinski definition) is 1. The summed E-state index contributed by atoms with van der Waals surface area (Å²) in [6, 6.07) is 0. The second kappa shape index (κ2) is 9.16. The number of carbonyl (C=O) groups is 2. The maximum Gasteiger partial charge on any atom is 0.251 e. The highest BCUT2D eigenvalue weighted by atomic mass is 16.5. The van der Waals surface area contributed by atoms with Gasteiger partial charge in [-0.25, -0.2) is 4.98 Å². The lowest BCUT2D eigenvalue weighted by molar-refractivity contribution is -0.143. The van der Waals surface area contributed by atoms with Gasteiger partial charge in [-0.3, -0.25) is 9.59 Å². The van der Waals surface area contributed by atoms with E-state index < -0.39 is 0 Å². The van der Waals surface area contributed by atoms with Crippen LogP contribution in [0, 0.1) is 5.92 Å². The molecule has 2 fully saturated rings. The van der Waals surface area contributed by atoms with Crippen molar-refractivity contribution in [2.45, 2.75) is 58.1 Å². The lowest BCUT2D eigenvalue weighted by atomic mass is 9.95. The van der Waals surface area contributed by atoms with Crippen molar-refractivity contribution < 1.29 is 14.3 Å². The fourth-order valence-electron chi connectivity index (χ4n) is 3.80. The molecule has 1 unspecified atom stereocenters. The van der Waals surface area contributed by atoms with Gasteiger partial charge in [0.1, 0.15) is 11.9 Å². The fourth-order valence-corrected chi connectivity index (χ4v) is 3.80. The van der Waals surface area contributed by atoms with Gasteiger partial charge >= 0.3 is 0 Å². The minimum atomic E-state index is -0.253. The lowest BCUT2D eigenvalue weighted by Crippen LogP contribution is -2.46. The Hall–Kier alpha value is -1.89. The van der Waals surface area contributed by atoms with Crippen LogP contribution in [0.3, 0.4) is 0 Å². The van der Waals surface area contributed by atoms with Crippen molar-refractivity contribution in [1.82, 2.24) is 19.8 Å². The average Bonchev–Trinajstić information content (AvgIpc) is 3.36. The van der Waals surface area contributed by atoms with E-state index in [0.29, 0.717) is 26.2 Å². The number of amides is 2. The van der Waals surface area contributed by atoms with E-state index in [1.54, 1.807) is 0 Å². The second-order valence-corrected chi connectivity index (χ2v) is 7.14. The average molecular weight is 362 g/mol. The van der Waals surface area contributed by atoms with E-state index in [0.717, 1.165) is 50.9 Å². The molecule has 1 atom stereocenters. The highest BCUT2D eigenvalue weighted by molar-refractivity contribution is 5.82. The molecule has 7 heteroatoms. The molecule has 0 aromatic carbocycles. The Balaban J connectivity index is 1.34. The summed E-state index contributed by atoms with van der Waals surface area (Å²) in [5, 5.41) is 3.05. The van der Waals surface area contributed by atoms with Gasteiger partial charge in [0, 0.05) is 57.5 Å². The SMILES string of the molecule is CCc1nccn1CCCNC(=O)C1CCN(C(=O)C2CCCO2)CC1. The number of imidazole rings is 1. The first-order valence-corrected chi connectivity index (χ1v) is 9.87. The fraction of sp³-hybridized carbons (Fsp3) is 0.737. The molecule has 1 aromatic rings. The third-order valence-corrected chi connectivity index (χ3v) is 5.38. The number of carbonyl (C=O) groups excluding carboxylic acids is 2. The first kappa shape index (κ1) is 18.9. The Morgan fingerprint density at radius 3 is 2.81 bits per heavy atom. The summed E-state index contributed by atoms with van der Waals surface area (Å²) >= 11 is 0. The van der Waals surface area contributed by atoms with Gasteiger partial charge in [0.2, 0.25) is 5.91 Å². The van der Waals surface area contributed by atoms with Crippen LogP contribution < -0.4 is 5.32 Å². The molecule has 3 heterocycles. The zero-order valence-corrected chi connectivity index (χ0v) is 15.7. The Bertz CT molecular complexity index is 602. The number of ether oxygens (including phenoxy) is 1. The van der Waals surface area contributed by atoms with Crippen molar-refractivity contribution in [3.8, 4) is 0 Å². The molecule has 2 aliphatic heterocycles.